The molecular weight excluding hydrogens is 391 g/mol. The number of aliphatic hydroxyl groups excluding tert-OH is 3. The van der Waals surface area contributed by atoms with E-state index in [1.807, 2.05) is 18.2 Å². The predicted octanol–water partition coefficient (Wildman–Crippen LogP) is 3.08. The van der Waals surface area contributed by atoms with Crippen LogP contribution in [-0.2, 0) is 4.74 Å². The van der Waals surface area contributed by atoms with Gasteiger partial charge in [-0.2, -0.15) is 0 Å². The molecule has 4 N–H and O–H groups in total. The van der Waals surface area contributed by atoms with E-state index in [1.165, 1.54) is 0 Å². The number of rotatable bonds is 3. The van der Waals surface area contributed by atoms with E-state index in [1.54, 1.807) is 18.2 Å². The highest BCUT2D eigenvalue weighted by molar-refractivity contribution is 6.38. The second kappa shape index (κ2) is 7.39. The molecule has 4 unspecified atom stereocenters. The zero-order chi connectivity index (χ0) is 19.1. The summed E-state index contributed by atoms with van der Waals surface area (Å²) in [5.41, 5.74) is 2.79. The lowest BCUT2D eigenvalue weighted by Gasteiger charge is -2.36. The number of aromatic nitrogens is 2. The zero-order valence-corrected chi connectivity index (χ0v) is 15.7. The second-order valence-electron chi connectivity index (χ2n) is 6.65. The van der Waals surface area contributed by atoms with Crippen LogP contribution in [-0.4, -0.2) is 50.2 Å². The SMILES string of the molecule is OCC1CC(O)C(O)C(c2cccc(-c3nc4c(Cl)cc(Cl)cc4[nH]3)c2)O1. The molecule has 1 saturated heterocycles. The monoisotopic (exact) mass is 408 g/mol. The van der Waals surface area contributed by atoms with Crippen LogP contribution in [0.5, 0.6) is 0 Å². The number of imidazole rings is 1. The zero-order valence-electron chi connectivity index (χ0n) is 14.1. The predicted molar refractivity (Wildman–Crippen MR) is 103 cm³/mol. The molecule has 8 heteroatoms. The first-order chi connectivity index (χ1) is 13.0. The molecule has 4 rings (SSSR count). The van der Waals surface area contributed by atoms with E-state index in [2.05, 4.69) is 9.97 Å². The number of benzene rings is 2. The average Bonchev–Trinajstić information content (AvgIpc) is 3.08. The van der Waals surface area contributed by atoms with Crippen molar-refractivity contribution < 1.29 is 20.1 Å². The average molecular weight is 409 g/mol. The minimum absolute atomic E-state index is 0.191. The van der Waals surface area contributed by atoms with Crippen LogP contribution in [0.2, 0.25) is 10.0 Å². The van der Waals surface area contributed by atoms with Crippen molar-refractivity contribution in [1.29, 1.82) is 0 Å². The topological polar surface area (TPSA) is 98.6 Å². The third-order valence-electron chi connectivity index (χ3n) is 4.74. The van der Waals surface area contributed by atoms with Crippen LogP contribution >= 0.6 is 23.2 Å². The summed E-state index contributed by atoms with van der Waals surface area (Å²) in [6.07, 6.45) is -3.11. The Balaban J connectivity index is 1.71. The number of H-pyrrole nitrogens is 1. The van der Waals surface area contributed by atoms with E-state index < -0.39 is 24.4 Å². The van der Waals surface area contributed by atoms with Crippen LogP contribution in [0.3, 0.4) is 0 Å². The molecule has 1 aliphatic rings. The molecule has 2 aromatic carbocycles. The molecule has 27 heavy (non-hydrogen) atoms. The van der Waals surface area contributed by atoms with Crippen molar-refractivity contribution in [3.63, 3.8) is 0 Å². The molecule has 0 amide bonds. The van der Waals surface area contributed by atoms with E-state index in [0.29, 0.717) is 26.9 Å². The fourth-order valence-corrected chi connectivity index (χ4v) is 3.92. The van der Waals surface area contributed by atoms with Crippen molar-refractivity contribution in [3.8, 4) is 11.4 Å². The van der Waals surface area contributed by atoms with Crippen LogP contribution in [0.4, 0.5) is 0 Å². The number of fused-ring (bicyclic) bond motifs is 1. The number of hydrogen-bond donors (Lipinski definition) is 4. The van der Waals surface area contributed by atoms with Crippen molar-refractivity contribution >= 4 is 34.2 Å². The Bertz CT molecular complexity index is 977. The van der Waals surface area contributed by atoms with Crippen molar-refractivity contribution in [2.45, 2.75) is 30.8 Å². The summed E-state index contributed by atoms with van der Waals surface area (Å²) < 4.78 is 5.76. The summed E-state index contributed by atoms with van der Waals surface area (Å²) in [6, 6.07) is 10.7. The van der Waals surface area contributed by atoms with E-state index in [-0.39, 0.29) is 13.0 Å². The summed E-state index contributed by atoms with van der Waals surface area (Å²) in [6.45, 7) is -0.219. The molecule has 1 aromatic heterocycles. The largest absolute Gasteiger partial charge is 0.394 e. The summed E-state index contributed by atoms with van der Waals surface area (Å²) in [5.74, 6) is 0.598. The molecule has 0 spiro atoms. The number of aliphatic hydroxyl groups is 3. The first-order valence-corrected chi connectivity index (χ1v) is 9.29. The van der Waals surface area contributed by atoms with Gasteiger partial charge in [0.25, 0.3) is 0 Å². The number of halogens is 2. The van der Waals surface area contributed by atoms with E-state index in [9.17, 15) is 15.3 Å². The van der Waals surface area contributed by atoms with Crippen LogP contribution in [0, 0.1) is 0 Å². The minimum Gasteiger partial charge on any atom is -0.394 e. The van der Waals surface area contributed by atoms with Gasteiger partial charge in [-0.1, -0.05) is 41.4 Å². The smallest absolute Gasteiger partial charge is 0.138 e. The Hall–Kier alpha value is -1.67. The van der Waals surface area contributed by atoms with Gasteiger partial charge in [-0.15, -0.1) is 0 Å². The van der Waals surface area contributed by atoms with Crippen molar-refractivity contribution in [2.75, 3.05) is 6.61 Å². The number of aromatic amines is 1. The highest BCUT2D eigenvalue weighted by atomic mass is 35.5. The Morgan fingerprint density at radius 1 is 1.19 bits per heavy atom. The lowest BCUT2D eigenvalue weighted by molar-refractivity contribution is -0.179. The van der Waals surface area contributed by atoms with Gasteiger partial charge in [-0.05, 0) is 23.8 Å². The number of hydrogen-bond acceptors (Lipinski definition) is 5. The number of nitrogens with one attached hydrogen (secondary N) is 1. The number of nitrogens with zero attached hydrogens (tertiary/aromatic N) is 1. The lowest BCUT2D eigenvalue weighted by atomic mass is 9.92. The van der Waals surface area contributed by atoms with Crippen LogP contribution in [0.15, 0.2) is 36.4 Å². The third kappa shape index (κ3) is 3.57. The Morgan fingerprint density at radius 2 is 2.00 bits per heavy atom. The van der Waals surface area contributed by atoms with Gasteiger partial charge in [0.1, 0.15) is 23.5 Å². The van der Waals surface area contributed by atoms with Crippen LogP contribution in [0.1, 0.15) is 18.1 Å². The summed E-state index contributed by atoms with van der Waals surface area (Å²) in [4.78, 5) is 7.73. The van der Waals surface area contributed by atoms with Gasteiger partial charge in [0.15, 0.2) is 0 Å². The Morgan fingerprint density at radius 3 is 2.78 bits per heavy atom. The molecule has 3 aromatic rings. The molecule has 142 valence electrons. The Kier molecular flexibility index (Phi) is 5.11. The molecule has 0 bridgehead atoms. The first-order valence-electron chi connectivity index (χ1n) is 8.54. The van der Waals surface area contributed by atoms with Crippen LogP contribution < -0.4 is 0 Å². The molecule has 1 aliphatic heterocycles. The van der Waals surface area contributed by atoms with E-state index in [4.69, 9.17) is 27.9 Å². The highest BCUT2D eigenvalue weighted by Gasteiger charge is 2.37. The van der Waals surface area contributed by atoms with E-state index in [0.717, 1.165) is 11.1 Å². The van der Waals surface area contributed by atoms with Gasteiger partial charge in [-0.25, -0.2) is 4.98 Å². The molecule has 0 saturated carbocycles. The normalized spacial score (nSPS) is 25.8. The molecule has 0 aliphatic carbocycles. The minimum atomic E-state index is -1.08. The van der Waals surface area contributed by atoms with Gasteiger partial charge >= 0.3 is 0 Å². The quantitative estimate of drug-likeness (QED) is 0.533. The Labute approximate surface area is 165 Å². The molecular formula is C19H18Cl2N2O4. The maximum atomic E-state index is 10.3. The molecule has 2 heterocycles. The maximum absolute atomic E-state index is 10.3. The van der Waals surface area contributed by atoms with E-state index >= 15 is 0 Å². The van der Waals surface area contributed by atoms with Crippen molar-refractivity contribution in [2.24, 2.45) is 0 Å². The summed E-state index contributed by atoms with van der Waals surface area (Å²) >= 11 is 12.3. The molecule has 0 radical (unpaired) electrons. The molecule has 4 atom stereocenters. The lowest BCUT2D eigenvalue weighted by Crippen LogP contribution is -2.44. The van der Waals surface area contributed by atoms with Crippen molar-refractivity contribution in [3.05, 3.63) is 52.0 Å². The fraction of sp³-hybridized carbons (Fsp3) is 0.316. The fourth-order valence-electron chi connectivity index (χ4n) is 3.39. The second-order valence-corrected chi connectivity index (χ2v) is 7.49. The highest BCUT2D eigenvalue weighted by Crippen LogP contribution is 2.34. The van der Waals surface area contributed by atoms with Gasteiger partial charge in [0.05, 0.1) is 29.4 Å². The van der Waals surface area contributed by atoms with Crippen LogP contribution in [0.25, 0.3) is 22.4 Å². The van der Waals surface area contributed by atoms with Gasteiger partial charge in [0, 0.05) is 17.0 Å². The maximum Gasteiger partial charge on any atom is 0.138 e. The summed E-state index contributed by atoms with van der Waals surface area (Å²) in [7, 11) is 0. The molecule has 6 nitrogen and oxygen atoms in total. The van der Waals surface area contributed by atoms with Gasteiger partial charge in [-0.3, -0.25) is 0 Å². The molecule has 1 fully saturated rings. The first kappa shape index (κ1) is 18.7. The third-order valence-corrected chi connectivity index (χ3v) is 5.25. The number of ether oxygens (including phenoxy) is 1. The van der Waals surface area contributed by atoms with Gasteiger partial charge in [0.2, 0.25) is 0 Å². The standard InChI is InChI=1S/C19H18Cl2N2O4/c20-11-5-13(21)16-14(6-11)22-19(23-16)10-3-1-2-9(4-10)18-17(26)15(25)7-12(8-24)27-18/h1-6,12,15,17-18,24-26H,7-8H2,(H,22,23). The summed E-state index contributed by atoms with van der Waals surface area (Å²) in [5, 5.41) is 30.7. The van der Waals surface area contributed by atoms with Crippen molar-refractivity contribution in [1.82, 2.24) is 9.97 Å². The van der Waals surface area contributed by atoms with Gasteiger partial charge < -0.3 is 25.0 Å².